The fourth-order valence-corrected chi connectivity index (χ4v) is 2.95. The van der Waals surface area contributed by atoms with Gasteiger partial charge in [0.1, 0.15) is 5.82 Å². The summed E-state index contributed by atoms with van der Waals surface area (Å²) in [5, 5.41) is 4.19. The van der Waals surface area contributed by atoms with Gasteiger partial charge in [0.25, 0.3) is 5.91 Å². The quantitative estimate of drug-likeness (QED) is 0.873. The first-order chi connectivity index (χ1) is 8.87. The highest BCUT2D eigenvalue weighted by Crippen LogP contribution is 2.14. The van der Waals surface area contributed by atoms with Crippen LogP contribution >= 0.6 is 0 Å². The molecule has 1 aromatic heterocycles. The molecule has 2 rings (SSSR count). The third-order valence-corrected chi connectivity index (χ3v) is 4.08. The average molecular weight is 281 g/mol. The van der Waals surface area contributed by atoms with Gasteiger partial charge in [0, 0.05) is 25.7 Å². The number of amides is 1. The minimum atomic E-state index is -3.08. The molecule has 0 aromatic carbocycles. The molecule has 0 saturated heterocycles. The van der Waals surface area contributed by atoms with Crippen LogP contribution in [0.25, 0.3) is 0 Å². The van der Waals surface area contributed by atoms with E-state index in [1.165, 1.54) is 16.5 Å². The second-order valence-electron chi connectivity index (χ2n) is 4.54. The van der Waals surface area contributed by atoms with Gasteiger partial charge in [0.05, 0.1) is 17.4 Å². The van der Waals surface area contributed by atoms with Crippen LogP contribution in [-0.2, 0) is 9.84 Å². The van der Waals surface area contributed by atoms with Crippen molar-refractivity contribution in [3.8, 4) is 0 Å². The number of rotatable bonds is 3. The fraction of sp³-hybridized carbons (Fsp3) is 0.333. The van der Waals surface area contributed by atoms with E-state index in [-0.39, 0.29) is 17.7 Å². The number of hydrogen-bond acceptors (Lipinski definition) is 5. The molecule has 102 valence electrons. The molecule has 0 fully saturated rings. The lowest BCUT2D eigenvalue weighted by atomic mass is 10.2. The second kappa shape index (κ2) is 5.00. The van der Waals surface area contributed by atoms with Crippen LogP contribution in [0.4, 0.5) is 5.82 Å². The highest BCUT2D eigenvalue weighted by molar-refractivity contribution is 7.94. The Balaban J connectivity index is 2.04. The summed E-state index contributed by atoms with van der Waals surface area (Å²) in [6.07, 6.45) is 3.06. The SMILES string of the molecule is CN(C)C(=O)c1ccc(NC2C=CS(=O)(=O)C2)nc1. The molecule has 1 unspecified atom stereocenters. The minimum absolute atomic E-state index is 0.0348. The molecule has 2 heterocycles. The van der Waals surface area contributed by atoms with Gasteiger partial charge in [0.2, 0.25) is 0 Å². The van der Waals surface area contributed by atoms with Crippen molar-refractivity contribution in [2.24, 2.45) is 0 Å². The minimum Gasteiger partial charge on any atom is -0.363 e. The predicted molar refractivity (Wildman–Crippen MR) is 72.6 cm³/mol. The average Bonchev–Trinajstić information content (AvgIpc) is 2.68. The summed E-state index contributed by atoms with van der Waals surface area (Å²) in [4.78, 5) is 17.2. The van der Waals surface area contributed by atoms with Crippen LogP contribution in [0.15, 0.2) is 29.8 Å². The van der Waals surface area contributed by atoms with Gasteiger partial charge in [-0.2, -0.15) is 0 Å². The zero-order valence-electron chi connectivity index (χ0n) is 10.7. The Morgan fingerprint density at radius 2 is 2.16 bits per heavy atom. The number of aromatic nitrogens is 1. The molecule has 0 spiro atoms. The first-order valence-corrected chi connectivity index (χ1v) is 7.44. The number of nitrogens with zero attached hydrogens (tertiary/aromatic N) is 2. The van der Waals surface area contributed by atoms with E-state index in [2.05, 4.69) is 10.3 Å². The highest BCUT2D eigenvalue weighted by Gasteiger charge is 2.21. The number of anilines is 1. The van der Waals surface area contributed by atoms with E-state index in [4.69, 9.17) is 0 Å². The Kier molecular flexibility index (Phi) is 3.57. The van der Waals surface area contributed by atoms with Crippen LogP contribution < -0.4 is 5.32 Å². The Hall–Kier alpha value is -1.89. The highest BCUT2D eigenvalue weighted by atomic mass is 32.2. The molecular weight excluding hydrogens is 266 g/mol. The molecule has 7 heteroatoms. The Morgan fingerprint density at radius 1 is 1.42 bits per heavy atom. The number of nitrogens with one attached hydrogen (secondary N) is 1. The van der Waals surface area contributed by atoms with E-state index in [1.807, 2.05) is 0 Å². The third-order valence-electron chi connectivity index (χ3n) is 2.68. The van der Waals surface area contributed by atoms with Crippen molar-refractivity contribution < 1.29 is 13.2 Å². The third kappa shape index (κ3) is 3.31. The van der Waals surface area contributed by atoms with Crippen molar-refractivity contribution in [2.45, 2.75) is 6.04 Å². The van der Waals surface area contributed by atoms with Crippen LogP contribution in [0, 0.1) is 0 Å². The summed E-state index contributed by atoms with van der Waals surface area (Å²) in [6, 6.07) is 3.05. The summed E-state index contributed by atoms with van der Waals surface area (Å²) >= 11 is 0. The van der Waals surface area contributed by atoms with Crippen LogP contribution in [0.1, 0.15) is 10.4 Å². The van der Waals surface area contributed by atoms with Gasteiger partial charge in [-0.1, -0.05) is 0 Å². The number of hydrogen-bond donors (Lipinski definition) is 1. The molecule has 1 aliphatic heterocycles. The lowest BCUT2D eigenvalue weighted by Crippen LogP contribution is -2.23. The van der Waals surface area contributed by atoms with Crippen molar-refractivity contribution in [1.82, 2.24) is 9.88 Å². The topological polar surface area (TPSA) is 79.4 Å². The first-order valence-electron chi connectivity index (χ1n) is 5.72. The first kappa shape index (κ1) is 13.5. The van der Waals surface area contributed by atoms with Gasteiger partial charge in [-0.15, -0.1) is 0 Å². The summed E-state index contributed by atoms with van der Waals surface area (Å²) in [6.45, 7) is 0. The predicted octanol–water partition coefficient (Wildman–Crippen LogP) is 0.506. The maximum absolute atomic E-state index is 11.7. The molecule has 1 atom stereocenters. The van der Waals surface area contributed by atoms with Crippen molar-refractivity contribution in [3.63, 3.8) is 0 Å². The summed E-state index contributed by atoms with van der Waals surface area (Å²) < 4.78 is 22.5. The molecule has 0 saturated carbocycles. The molecule has 6 nitrogen and oxygen atoms in total. The van der Waals surface area contributed by atoms with E-state index < -0.39 is 9.84 Å². The van der Waals surface area contributed by atoms with Crippen molar-refractivity contribution in [1.29, 1.82) is 0 Å². The summed E-state index contributed by atoms with van der Waals surface area (Å²) in [5.74, 6) is 0.456. The Bertz CT molecular complexity index is 606. The van der Waals surface area contributed by atoms with Gasteiger partial charge in [0.15, 0.2) is 9.84 Å². The molecular formula is C12H15N3O3S. The van der Waals surface area contributed by atoms with E-state index in [1.54, 1.807) is 32.3 Å². The smallest absolute Gasteiger partial charge is 0.254 e. The lowest BCUT2D eigenvalue weighted by Gasteiger charge is -2.12. The van der Waals surface area contributed by atoms with Crippen molar-refractivity contribution >= 4 is 21.6 Å². The van der Waals surface area contributed by atoms with Crippen LogP contribution in [-0.4, -0.2) is 50.1 Å². The van der Waals surface area contributed by atoms with Crippen LogP contribution in [0.5, 0.6) is 0 Å². The Morgan fingerprint density at radius 3 is 2.63 bits per heavy atom. The molecule has 1 aliphatic rings. The van der Waals surface area contributed by atoms with E-state index in [0.717, 1.165) is 0 Å². The molecule has 1 N–H and O–H groups in total. The Labute approximate surface area is 112 Å². The zero-order valence-corrected chi connectivity index (χ0v) is 11.5. The normalized spacial score (nSPS) is 20.2. The standard InChI is InChI=1S/C12H15N3O3S/c1-15(2)12(16)9-3-4-11(13-7-9)14-10-5-6-19(17,18)8-10/h3-7,10H,8H2,1-2H3,(H,13,14). The molecule has 0 radical (unpaired) electrons. The molecule has 1 amide bonds. The molecule has 0 aliphatic carbocycles. The number of carbonyl (C=O) groups is 1. The number of pyridine rings is 1. The molecule has 0 bridgehead atoms. The molecule has 1 aromatic rings. The van der Waals surface area contributed by atoms with E-state index in [9.17, 15) is 13.2 Å². The van der Waals surface area contributed by atoms with Crippen LogP contribution in [0.2, 0.25) is 0 Å². The largest absolute Gasteiger partial charge is 0.363 e. The van der Waals surface area contributed by atoms with Crippen molar-refractivity contribution in [3.05, 3.63) is 35.4 Å². The van der Waals surface area contributed by atoms with Gasteiger partial charge >= 0.3 is 0 Å². The number of sulfone groups is 1. The van der Waals surface area contributed by atoms with Gasteiger partial charge in [-0.05, 0) is 18.2 Å². The van der Waals surface area contributed by atoms with Gasteiger partial charge in [-0.3, -0.25) is 4.79 Å². The monoisotopic (exact) mass is 281 g/mol. The summed E-state index contributed by atoms with van der Waals surface area (Å²) in [7, 11) is 0.259. The lowest BCUT2D eigenvalue weighted by molar-refractivity contribution is 0.0827. The maximum atomic E-state index is 11.7. The zero-order chi connectivity index (χ0) is 14.0. The van der Waals surface area contributed by atoms with E-state index in [0.29, 0.717) is 11.4 Å². The summed E-state index contributed by atoms with van der Waals surface area (Å²) in [5.41, 5.74) is 0.491. The van der Waals surface area contributed by atoms with Gasteiger partial charge < -0.3 is 10.2 Å². The van der Waals surface area contributed by atoms with Crippen LogP contribution in [0.3, 0.4) is 0 Å². The number of carbonyl (C=O) groups excluding carboxylic acids is 1. The molecule has 19 heavy (non-hydrogen) atoms. The van der Waals surface area contributed by atoms with Gasteiger partial charge in [-0.25, -0.2) is 13.4 Å². The van der Waals surface area contributed by atoms with E-state index >= 15 is 0 Å². The van der Waals surface area contributed by atoms with Crippen molar-refractivity contribution in [2.75, 3.05) is 25.2 Å². The maximum Gasteiger partial charge on any atom is 0.254 e. The second-order valence-corrected chi connectivity index (χ2v) is 6.47. The fourth-order valence-electron chi connectivity index (χ4n) is 1.72.